The topological polar surface area (TPSA) is 60.8 Å². The van der Waals surface area contributed by atoms with E-state index in [1.54, 1.807) is 6.92 Å². The highest BCUT2D eigenvalue weighted by atomic mass is 16.4. The summed E-state index contributed by atoms with van der Waals surface area (Å²) in [5.74, 6) is -0.744. The average molecular weight is 227 g/mol. The van der Waals surface area contributed by atoms with Crippen LogP contribution in [-0.4, -0.2) is 45.3 Å². The van der Waals surface area contributed by atoms with E-state index in [2.05, 4.69) is 0 Å². The number of carboxylic acid groups (broad SMARTS) is 1. The molecule has 0 radical (unpaired) electrons. The van der Waals surface area contributed by atoms with Crippen molar-refractivity contribution in [1.82, 2.24) is 4.90 Å². The predicted molar refractivity (Wildman–Crippen MR) is 60.2 cm³/mol. The zero-order chi connectivity index (χ0) is 11.8. The van der Waals surface area contributed by atoms with Gasteiger partial charge >= 0.3 is 5.97 Å². The van der Waals surface area contributed by atoms with Gasteiger partial charge in [0.15, 0.2) is 0 Å². The smallest absolute Gasteiger partial charge is 0.323 e. The monoisotopic (exact) mass is 227 g/mol. The first-order valence-electron chi connectivity index (χ1n) is 6.24. The fraction of sp³-hybridized carbons (Fsp3) is 0.917. The molecule has 0 aromatic carbocycles. The van der Waals surface area contributed by atoms with E-state index in [-0.39, 0.29) is 12.1 Å². The highest BCUT2D eigenvalue weighted by molar-refractivity contribution is 5.78. The van der Waals surface area contributed by atoms with E-state index in [1.165, 1.54) is 0 Å². The lowest BCUT2D eigenvalue weighted by Crippen LogP contribution is -2.60. The van der Waals surface area contributed by atoms with Crippen molar-refractivity contribution < 1.29 is 15.0 Å². The standard InChI is InChI=1S/C12H21NO3/c1-12(11(15)16)7-2-3-8-13(12)9-5-4-6-10(9)14/h9-10,14H,2-8H2,1H3,(H,15,16). The number of carboxylic acids is 1. The van der Waals surface area contributed by atoms with E-state index >= 15 is 0 Å². The number of hydrogen-bond donors (Lipinski definition) is 2. The Morgan fingerprint density at radius 3 is 2.62 bits per heavy atom. The molecule has 1 saturated heterocycles. The first-order valence-corrected chi connectivity index (χ1v) is 6.24. The van der Waals surface area contributed by atoms with Crippen LogP contribution in [0.15, 0.2) is 0 Å². The number of nitrogens with zero attached hydrogens (tertiary/aromatic N) is 1. The second kappa shape index (κ2) is 4.34. The average Bonchev–Trinajstić information content (AvgIpc) is 2.65. The van der Waals surface area contributed by atoms with Crippen LogP contribution in [0.2, 0.25) is 0 Å². The molecule has 3 unspecified atom stereocenters. The van der Waals surface area contributed by atoms with Gasteiger partial charge in [-0.3, -0.25) is 9.69 Å². The van der Waals surface area contributed by atoms with Gasteiger partial charge in [0.05, 0.1) is 6.10 Å². The molecular weight excluding hydrogens is 206 g/mol. The van der Waals surface area contributed by atoms with Gasteiger partial charge in [-0.2, -0.15) is 0 Å². The van der Waals surface area contributed by atoms with Crippen LogP contribution in [0.5, 0.6) is 0 Å². The quantitative estimate of drug-likeness (QED) is 0.745. The van der Waals surface area contributed by atoms with E-state index in [0.717, 1.165) is 38.6 Å². The van der Waals surface area contributed by atoms with E-state index in [1.807, 2.05) is 4.90 Å². The number of rotatable bonds is 2. The molecule has 1 aliphatic heterocycles. The Morgan fingerprint density at radius 2 is 2.06 bits per heavy atom. The van der Waals surface area contributed by atoms with Crippen LogP contribution < -0.4 is 0 Å². The van der Waals surface area contributed by atoms with Gasteiger partial charge in [-0.1, -0.05) is 0 Å². The van der Waals surface area contributed by atoms with E-state index in [9.17, 15) is 15.0 Å². The lowest BCUT2D eigenvalue weighted by atomic mass is 9.86. The molecular formula is C12H21NO3. The molecule has 1 saturated carbocycles. The van der Waals surface area contributed by atoms with Crippen molar-refractivity contribution in [2.75, 3.05) is 6.54 Å². The second-order valence-electron chi connectivity index (χ2n) is 5.30. The van der Waals surface area contributed by atoms with Crippen LogP contribution in [0.25, 0.3) is 0 Å². The molecule has 2 aliphatic rings. The Hall–Kier alpha value is -0.610. The molecule has 0 bridgehead atoms. The van der Waals surface area contributed by atoms with Gasteiger partial charge in [0, 0.05) is 6.04 Å². The Kier molecular flexibility index (Phi) is 3.22. The predicted octanol–water partition coefficient (Wildman–Crippen LogP) is 1.23. The number of piperidine rings is 1. The lowest BCUT2D eigenvalue weighted by Gasteiger charge is -2.46. The van der Waals surface area contributed by atoms with Crippen molar-refractivity contribution in [2.45, 2.75) is 63.1 Å². The minimum Gasteiger partial charge on any atom is -0.480 e. The number of carbonyl (C=O) groups is 1. The zero-order valence-corrected chi connectivity index (χ0v) is 9.85. The van der Waals surface area contributed by atoms with Crippen LogP contribution in [0.1, 0.15) is 45.4 Å². The molecule has 1 heterocycles. The maximum Gasteiger partial charge on any atom is 0.323 e. The molecule has 3 atom stereocenters. The van der Waals surface area contributed by atoms with Gasteiger partial charge in [-0.05, 0) is 52.0 Å². The number of likely N-dealkylation sites (tertiary alicyclic amines) is 1. The van der Waals surface area contributed by atoms with Gasteiger partial charge < -0.3 is 10.2 Å². The highest BCUT2D eigenvalue weighted by Crippen LogP contribution is 2.35. The van der Waals surface area contributed by atoms with Crippen LogP contribution in [0.4, 0.5) is 0 Å². The normalized spacial score (nSPS) is 41.1. The van der Waals surface area contributed by atoms with Crippen molar-refractivity contribution >= 4 is 5.97 Å². The summed E-state index contributed by atoms with van der Waals surface area (Å²) in [6, 6.07) is 0.0569. The summed E-state index contributed by atoms with van der Waals surface area (Å²) in [7, 11) is 0. The molecule has 0 aromatic rings. The summed E-state index contributed by atoms with van der Waals surface area (Å²) in [5.41, 5.74) is -0.770. The summed E-state index contributed by atoms with van der Waals surface area (Å²) in [4.78, 5) is 13.5. The largest absolute Gasteiger partial charge is 0.480 e. The van der Waals surface area contributed by atoms with Crippen molar-refractivity contribution in [2.24, 2.45) is 0 Å². The zero-order valence-electron chi connectivity index (χ0n) is 9.85. The van der Waals surface area contributed by atoms with Crippen LogP contribution >= 0.6 is 0 Å². The molecule has 4 heteroatoms. The molecule has 1 aliphatic carbocycles. The van der Waals surface area contributed by atoms with Gasteiger partial charge in [0.25, 0.3) is 0 Å². The maximum atomic E-state index is 11.4. The van der Waals surface area contributed by atoms with Gasteiger partial charge in [0.1, 0.15) is 5.54 Å². The maximum absolute atomic E-state index is 11.4. The number of hydrogen-bond acceptors (Lipinski definition) is 3. The Bertz CT molecular complexity index is 281. The van der Waals surface area contributed by atoms with Crippen molar-refractivity contribution in [3.05, 3.63) is 0 Å². The van der Waals surface area contributed by atoms with E-state index in [4.69, 9.17) is 0 Å². The van der Waals surface area contributed by atoms with Crippen molar-refractivity contribution in [3.63, 3.8) is 0 Å². The Balaban J connectivity index is 2.19. The number of aliphatic hydroxyl groups excluding tert-OH is 1. The number of aliphatic hydroxyl groups is 1. The minimum atomic E-state index is -0.770. The molecule has 92 valence electrons. The first-order chi connectivity index (χ1) is 7.55. The summed E-state index contributed by atoms with van der Waals surface area (Å²) in [6.07, 6.45) is 5.15. The molecule has 0 aromatic heterocycles. The van der Waals surface area contributed by atoms with E-state index in [0.29, 0.717) is 6.42 Å². The molecule has 2 fully saturated rings. The van der Waals surface area contributed by atoms with Crippen LogP contribution in [-0.2, 0) is 4.79 Å². The third-order valence-electron chi connectivity index (χ3n) is 4.25. The summed E-state index contributed by atoms with van der Waals surface area (Å²) in [6.45, 7) is 2.62. The summed E-state index contributed by atoms with van der Waals surface area (Å²) >= 11 is 0. The van der Waals surface area contributed by atoms with Crippen LogP contribution in [0, 0.1) is 0 Å². The third-order valence-corrected chi connectivity index (χ3v) is 4.25. The molecule has 2 rings (SSSR count). The third kappa shape index (κ3) is 1.84. The minimum absolute atomic E-state index is 0.0569. The first kappa shape index (κ1) is 11.9. The SMILES string of the molecule is CC1(C(=O)O)CCCCN1C1CCCC1O. The fourth-order valence-electron chi connectivity index (χ4n) is 3.19. The van der Waals surface area contributed by atoms with Gasteiger partial charge in [0.2, 0.25) is 0 Å². The summed E-state index contributed by atoms with van der Waals surface area (Å²) in [5, 5.41) is 19.3. The lowest BCUT2D eigenvalue weighted by molar-refractivity contribution is -0.156. The molecule has 0 spiro atoms. The van der Waals surface area contributed by atoms with Gasteiger partial charge in [-0.25, -0.2) is 0 Å². The Morgan fingerprint density at radius 1 is 1.31 bits per heavy atom. The van der Waals surface area contributed by atoms with Gasteiger partial charge in [-0.15, -0.1) is 0 Å². The second-order valence-corrected chi connectivity index (χ2v) is 5.30. The van der Waals surface area contributed by atoms with E-state index < -0.39 is 11.5 Å². The molecule has 16 heavy (non-hydrogen) atoms. The summed E-state index contributed by atoms with van der Waals surface area (Å²) < 4.78 is 0. The van der Waals surface area contributed by atoms with Crippen molar-refractivity contribution in [3.8, 4) is 0 Å². The fourth-order valence-corrected chi connectivity index (χ4v) is 3.19. The molecule has 4 nitrogen and oxygen atoms in total. The highest BCUT2D eigenvalue weighted by Gasteiger charge is 2.47. The molecule has 0 amide bonds. The number of aliphatic carboxylic acids is 1. The van der Waals surface area contributed by atoms with Crippen molar-refractivity contribution in [1.29, 1.82) is 0 Å². The molecule has 2 N–H and O–H groups in total. The van der Waals surface area contributed by atoms with Crippen LogP contribution in [0.3, 0.4) is 0 Å². The Labute approximate surface area is 96.3 Å².